The molecule has 0 aromatic carbocycles. The second-order valence-electron chi connectivity index (χ2n) is 21.7. The number of amides is 2. The van der Waals surface area contributed by atoms with Gasteiger partial charge in [-0.15, -0.1) is 6.42 Å². The number of halogens is 1. The Morgan fingerprint density at radius 3 is 1.34 bits per heavy atom. The maximum atomic E-state index is 12.5. The molecule has 87 heavy (non-hydrogen) atoms. The zero-order valence-corrected chi connectivity index (χ0v) is 50.4. The molecule has 2 amide bonds. The molecule has 9 aromatic heterocycles. The standard InChI is InChI=1S/C23H23N5O3.C18H15N5O.C16H19BrN4O3.C7H5N/c1-23(2,3)30-22(29)28-14-6-8-19(28)21-26-20(27-31-21)18-12-10-16(15-25-18)9-11-17-7-4-5-13-24-17;1-2-10-19-14(4-1)8-6-13-7-9-15(21-12-13)17-22-18(24-23-17)16-5-3-11-20-16;1-16(2,3)23-15(22)21-8-4-5-12(21)14-19-13(20-24-14)11-7-6-10(17)9-18-11;1-2-7-5-3-4-6-8-7/h4-5,7,10,12-13,15,19H,6,8,14H2,1-3H3;1-2,4,7,9-10,12,16,20H,3,5,11H2;6-7,9,12H,4-5,8H2,1-3H3;1,3-6H. The molecule has 0 radical (unpaired) electrons. The number of pyridine rings is 6. The SMILES string of the molecule is C#Cc1ccccn1.C(#Cc1ccccn1)c1ccc(-c2noc(C3CCCN3)n2)nc1.CC(C)(C)OC(=O)N1CCCC1c1nc(-c2ccc(Br)cn2)no1.CC(C)(C)OC(=O)N1CCCC1c1nc(-c2ccc(C#Cc3ccccn3)cn2)no1. The molecule has 22 nitrogen and oxygen atoms in total. The molecular weight excluding hydrogens is 1170 g/mol. The van der Waals surface area contributed by atoms with Gasteiger partial charge >= 0.3 is 12.2 Å². The number of carbonyl (C=O) groups excluding carboxylic acids is 2. The van der Waals surface area contributed by atoms with E-state index in [0.29, 0.717) is 76.7 Å². The maximum Gasteiger partial charge on any atom is 0.410 e. The summed E-state index contributed by atoms with van der Waals surface area (Å²) in [6.45, 7) is 13.3. The lowest BCUT2D eigenvalue weighted by atomic mass is 10.2. The van der Waals surface area contributed by atoms with Gasteiger partial charge in [0.05, 0.1) is 6.04 Å². The number of hydrogen-bond acceptors (Lipinski definition) is 20. The fourth-order valence-electron chi connectivity index (χ4n) is 8.75. The van der Waals surface area contributed by atoms with Gasteiger partial charge in [-0.05, 0) is 187 Å². The van der Waals surface area contributed by atoms with Gasteiger partial charge in [-0.2, -0.15) is 15.0 Å². The Bertz CT molecular complexity index is 3860. The maximum absolute atomic E-state index is 12.5. The summed E-state index contributed by atoms with van der Waals surface area (Å²) in [6.07, 6.45) is 19.8. The van der Waals surface area contributed by atoms with Crippen LogP contribution in [0.3, 0.4) is 0 Å². The predicted octanol–water partition coefficient (Wildman–Crippen LogP) is 11.4. The summed E-state index contributed by atoms with van der Waals surface area (Å²) in [5, 5.41) is 15.4. The summed E-state index contributed by atoms with van der Waals surface area (Å²) in [6, 6.07) is 27.4. The van der Waals surface area contributed by atoms with Crippen LogP contribution in [-0.4, -0.2) is 113 Å². The Morgan fingerprint density at radius 2 is 0.977 bits per heavy atom. The first-order chi connectivity index (χ1) is 42.0. The molecule has 3 atom stereocenters. The molecule has 3 unspecified atom stereocenters. The number of hydrogen-bond donors (Lipinski definition) is 1. The van der Waals surface area contributed by atoms with Gasteiger partial charge in [0.1, 0.15) is 57.4 Å². The zero-order valence-electron chi connectivity index (χ0n) is 48.8. The van der Waals surface area contributed by atoms with E-state index >= 15 is 0 Å². The third kappa shape index (κ3) is 18.0. The molecule has 3 aliphatic rings. The molecule has 12 heterocycles. The first-order valence-corrected chi connectivity index (χ1v) is 28.9. The molecule has 3 aliphatic heterocycles. The number of nitrogens with zero attached hydrogens (tertiary/aromatic N) is 14. The van der Waals surface area contributed by atoms with Crippen molar-refractivity contribution in [1.82, 2.24) is 75.4 Å². The van der Waals surface area contributed by atoms with Gasteiger partial charge in [0.2, 0.25) is 35.1 Å². The van der Waals surface area contributed by atoms with Crippen LogP contribution in [0.5, 0.6) is 0 Å². The van der Waals surface area contributed by atoms with Crippen molar-refractivity contribution < 1.29 is 32.6 Å². The van der Waals surface area contributed by atoms with E-state index in [0.717, 1.165) is 66.4 Å². The van der Waals surface area contributed by atoms with Gasteiger partial charge in [0, 0.05) is 65.9 Å². The van der Waals surface area contributed by atoms with E-state index in [1.165, 1.54) is 0 Å². The lowest BCUT2D eigenvalue weighted by Crippen LogP contribution is -2.36. The van der Waals surface area contributed by atoms with Crippen LogP contribution in [0.15, 0.2) is 146 Å². The minimum atomic E-state index is -0.560. The largest absolute Gasteiger partial charge is 0.444 e. The van der Waals surface area contributed by atoms with Crippen LogP contribution in [-0.2, 0) is 9.47 Å². The molecule has 9 aromatic rings. The monoisotopic (exact) mass is 1230 g/mol. The van der Waals surface area contributed by atoms with Gasteiger partial charge < -0.3 is 28.4 Å². The van der Waals surface area contributed by atoms with Gasteiger partial charge in [-0.25, -0.2) is 24.5 Å². The third-order valence-electron chi connectivity index (χ3n) is 12.8. The second-order valence-corrected chi connectivity index (χ2v) is 22.6. The van der Waals surface area contributed by atoms with Gasteiger partial charge in [-0.1, -0.05) is 51.4 Å². The Kier molecular flexibility index (Phi) is 20.6. The Balaban J connectivity index is 0.000000147. The number of ether oxygens (including phenoxy) is 2. The zero-order chi connectivity index (χ0) is 61.2. The van der Waals surface area contributed by atoms with E-state index in [-0.39, 0.29) is 30.3 Å². The molecule has 442 valence electrons. The fourth-order valence-corrected chi connectivity index (χ4v) is 8.99. The highest BCUT2D eigenvalue weighted by Gasteiger charge is 2.38. The number of terminal acetylenes is 1. The highest BCUT2D eigenvalue weighted by atomic mass is 79.9. The van der Waals surface area contributed by atoms with Crippen LogP contribution in [0.4, 0.5) is 9.59 Å². The minimum absolute atomic E-state index is 0.162. The molecule has 1 N–H and O–H groups in total. The average Bonchev–Trinajstić information content (AvgIpc) is 3.81. The summed E-state index contributed by atoms with van der Waals surface area (Å²) in [7, 11) is 0. The number of aromatic nitrogens is 12. The second kappa shape index (κ2) is 29.2. The van der Waals surface area contributed by atoms with Crippen molar-refractivity contribution in [2.75, 3.05) is 19.6 Å². The average molecular weight is 1230 g/mol. The van der Waals surface area contributed by atoms with E-state index in [4.69, 9.17) is 29.5 Å². The molecule has 0 spiro atoms. The van der Waals surface area contributed by atoms with E-state index in [1.54, 1.807) is 65.2 Å². The molecule has 0 saturated carbocycles. The normalized spacial score (nSPS) is 16.0. The summed E-state index contributed by atoms with van der Waals surface area (Å²) in [5.74, 6) is 17.2. The highest BCUT2D eigenvalue weighted by Crippen LogP contribution is 2.35. The van der Waals surface area contributed by atoms with E-state index in [1.807, 2.05) is 114 Å². The van der Waals surface area contributed by atoms with Crippen LogP contribution >= 0.6 is 15.9 Å². The molecule has 0 aliphatic carbocycles. The molecular formula is C64H62BrN15O7. The van der Waals surface area contributed by atoms with Crippen molar-refractivity contribution >= 4 is 28.1 Å². The first-order valence-electron chi connectivity index (χ1n) is 28.1. The van der Waals surface area contributed by atoms with Crippen LogP contribution in [0.1, 0.15) is 144 Å². The summed E-state index contributed by atoms with van der Waals surface area (Å²) in [4.78, 5) is 66.7. The summed E-state index contributed by atoms with van der Waals surface area (Å²) >= 11 is 3.34. The first kappa shape index (κ1) is 61.5. The van der Waals surface area contributed by atoms with Crippen molar-refractivity contribution in [3.63, 3.8) is 0 Å². The molecule has 0 bridgehead atoms. The number of rotatable bonds is 6. The van der Waals surface area contributed by atoms with Crippen molar-refractivity contribution in [2.24, 2.45) is 0 Å². The van der Waals surface area contributed by atoms with Gasteiger partial charge in [-0.3, -0.25) is 24.8 Å². The molecule has 12 rings (SSSR count). The van der Waals surface area contributed by atoms with Crippen LogP contribution < -0.4 is 5.32 Å². The van der Waals surface area contributed by atoms with E-state index in [2.05, 4.69) is 111 Å². The van der Waals surface area contributed by atoms with Crippen molar-refractivity contribution in [3.8, 4) is 70.6 Å². The topological polar surface area (TPSA) is 265 Å². The van der Waals surface area contributed by atoms with Crippen molar-refractivity contribution in [3.05, 3.63) is 179 Å². The summed E-state index contributed by atoms with van der Waals surface area (Å²) < 4.78 is 28.0. The van der Waals surface area contributed by atoms with E-state index < -0.39 is 11.2 Å². The number of nitrogens with one attached hydrogen (secondary N) is 1. The molecule has 23 heteroatoms. The quantitative estimate of drug-likeness (QED) is 0.152. The lowest BCUT2D eigenvalue weighted by molar-refractivity contribution is 0.0190. The van der Waals surface area contributed by atoms with Crippen LogP contribution in [0, 0.1) is 36.0 Å². The Morgan fingerprint density at radius 1 is 0.540 bits per heavy atom. The fraction of sp³-hybridized carbons (Fsp3) is 0.312. The van der Waals surface area contributed by atoms with Crippen LogP contribution in [0.2, 0.25) is 0 Å². The lowest BCUT2D eigenvalue weighted by Gasteiger charge is -2.27. The van der Waals surface area contributed by atoms with E-state index in [9.17, 15) is 9.59 Å². The summed E-state index contributed by atoms with van der Waals surface area (Å²) in [5.41, 5.74) is 4.44. The molecule has 3 saturated heterocycles. The predicted molar refractivity (Wildman–Crippen MR) is 323 cm³/mol. The van der Waals surface area contributed by atoms with Crippen molar-refractivity contribution in [1.29, 1.82) is 0 Å². The van der Waals surface area contributed by atoms with Gasteiger partial charge in [0.15, 0.2) is 0 Å². The van der Waals surface area contributed by atoms with Crippen molar-refractivity contribution in [2.45, 2.75) is 109 Å². The highest BCUT2D eigenvalue weighted by molar-refractivity contribution is 9.10. The van der Waals surface area contributed by atoms with Crippen LogP contribution in [0.25, 0.3) is 34.6 Å². The Hall–Kier alpha value is -10.0. The number of carbonyl (C=O) groups is 2. The number of likely N-dealkylation sites (tertiary alicyclic amines) is 2. The van der Waals surface area contributed by atoms with Gasteiger partial charge in [0.25, 0.3) is 0 Å². The third-order valence-corrected chi connectivity index (χ3v) is 13.2. The Labute approximate surface area is 511 Å². The molecule has 3 fully saturated rings. The minimum Gasteiger partial charge on any atom is -0.444 e. The smallest absolute Gasteiger partial charge is 0.410 e.